The second-order valence-corrected chi connectivity index (χ2v) is 9.37. The maximum absolute atomic E-state index is 11.1. The number of nitrogens with one attached hydrogen (secondary N) is 2. The van der Waals surface area contributed by atoms with E-state index in [1.54, 1.807) is 7.05 Å². The molecule has 0 saturated heterocycles. The van der Waals surface area contributed by atoms with Crippen molar-refractivity contribution in [2.75, 3.05) is 45.4 Å². The van der Waals surface area contributed by atoms with Crippen LogP contribution in [0.3, 0.4) is 0 Å². The summed E-state index contributed by atoms with van der Waals surface area (Å²) in [5.74, 6) is 1.61. The van der Waals surface area contributed by atoms with Crippen LogP contribution in [0.1, 0.15) is 43.7 Å². The number of sulfone groups is 1. The SMILES string of the molecule is CCCCCCOc1cc(C)ccc1CNC(=NC)NCCOCCS(C)(=O)=O.I. The molecule has 0 atom stereocenters. The van der Waals surface area contributed by atoms with Crippen molar-refractivity contribution in [3.8, 4) is 5.75 Å². The molecule has 0 spiro atoms. The zero-order valence-electron chi connectivity index (χ0n) is 18.7. The van der Waals surface area contributed by atoms with E-state index in [0.717, 1.165) is 24.3 Å². The van der Waals surface area contributed by atoms with E-state index in [4.69, 9.17) is 9.47 Å². The number of guanidine groups is 1. The van der Waals surface area contributed by atoms with Crippen molar-refractivity contribution < 1.29 is 17.9 Å². The molecule has 30 heavy (non-hydrogen) atoms. The third-order valence-corrected chi connectivity index (χ3v) is 5.19. The van der Waals surface area contributed by atoms with Gasteiger partial charge in [0.1, 0.15) is 15.6 Å². The van der Waals surface area contributed by atoms with Crippen LogP contribution in [0.2, 0.25) is 0 Å². The summed E-state index contributed by atoms with van der Waals surface area (Å²) in [7, 11) is -1.28. The Balaban J connectivity index is 0.00000841. The van der Waals surface area contributed by atoms with Crippen LogP contribution in [-0.2, 0) is 21.1 Å². The van der Waals surface area contributed by atoms with Crippen molar-refractivity contribution in [2.45, 2.75) is 46.1 Å². The first-order chi connectivity index (χ1) is 13.9. The molecule has 9 heteroatoms. The molecule has 0 unspecified atom stereocenters. The number of rotatable bonds is 14. The zero-order valence-corrected chi connectivity index (χ0v) is 21.8. The standard InChI is InChI=1S/C21H37N3O4S.HI/c1-5-6-7-8-12-28-20-16-18(2)9-10-19(20)17-24-21(22-3)23-11-13-27-14-15-29(4,25)26;/h9-10,16H,5-8,11-15,17H2,1-4H3,(H2,22,23,24);1H. The van der Waals surface area contributed by atoms with Gasteiger partial charge < -0.3 is 20.1 Å². The van der Waals surface area contributed by atoms with Crippen LogP contribution in [-0.4, -0.2) is 59.8 Å². The molecule has 0 amide bonds. The molecule has 1 rings (SSSR count). The first-order valence-electron chi connectivity index (χ1n) is 10.3. The molecule has 0 fully saturated rings. The molecule has 0 aromatic heterocycles. The molecule has 0 radical (unpaired) electrons. The van der Waals surface area contributed by atoms with E-state index in [1.807, 2.05) is 0 Å². The van der Waals surface area contributed by atoms with Gasteiger partial charge in [-0.25, -0.2) is 8.42 Å². The lowest BCUT2D eigenvalue weighted by molar-refractivity contribution is 0.154. The maximum Gasteiger partial charge on any atom is 0.191 e. The van der Waals surface area contributed by atoms with E-state index in [1.165, 1.54) is 31.1 Å². The Labute approximate surface area is 199 Å². The highest BCUT2D eigenvalue weighted by atomic mass is 127. The molecule has 0 aliphatic rings. The number of hydrogen-bond donors (Lipinski definition) is 2. The van der Waals surface area contributed by atoms with Crippen LogP contribution in [0.15, 0.2) is 23.2 Å². The Hall–Kier alpha value is -1.07. The minimum atomic E-state index is -2.98. The highest BCUT2D eigenvalue weighted by Crippen LogP contribution is 2.20. The number of aliphatic imine (C=N–C) groups is 1. The molecule has 0 aliphatic heterocycles. The van der Waals surface area contributed by atoms with Gasteiger partial charge in [-0.3, -0.25) is 4.99 Å². The smallest absolute Gasteiger partial charge is 0.191 e. The van der Waals surface area contributed by atoms with Gasteiger partial charge in [0.2, 0.25) is 0 Å². The predicted molar refractivity (Wildman–Crippen MR) is 135 cm³/mol. The first-order valence-corrected chi connectivity index (χ1v) is 12.3. The van der Waals surface area contributed by atoms with Gasteiger partial charge >= 0.3 is 0 Å². The Morgan fingerprint density at radius 3 is 2.53 bits per heavy atom. The summed E-state index contributed by atoms with van der Waals surface area (Å²) in [6, 6.07) is 6.22. The summed E-state index contributed by atoms with van der Waals surface area (Å²) in [5, 5.41) is 6.44. The molecule has 1 aromatic carbocycles. The number of nitrogens with zero attached hydrogens (tertiary/aromatic N) is 1. The molecule has 1 aromatic rings. The summed E-state index contributed by atoms with van der Waals surface area (Å²) in [5.41, 5.74) is 2.25. The molecular formula is C21H38IN3O4S. The third-order valence-electron chi connectivity index (χ3n) is 4.29. The fourth-order valence-corrected chi connectivity index (χ4v) is 3.03. The van der Waals surface area contributed by atoms with Crippen molar-refractivity contribution in [3.63, 3.8) is 0 Å². The van der Waals surface area contributed by atoms with Gasteiger partial charge in [0.25, 0.3) is 0 Å². The van der Waals surface area contributed by atoms with Crippen LogP contribution in [0.5, 0.6) is 5.75 Å². The Morgan fingerprint density at radius 1 is 1.10 bits per heavy atom. The normalized spacial score (nSPS) is 11.7. The summed E-state index contributed by atoms with van der Waals surface area (Å²) in [4.78, 5) is 4.21. The quantitative estimate of drug-likeness (QED) is 0.159. The van der Waals surface area contributed by atoms with E-state index in [0.29, 0.717) is 25.7 Å². The summed E-state index contributed by atoms with van der Waals surface area (Å²) >= 11 is 0. The maximum atomic E-state index is 11.1. The van der Waals surface area contributed by atoms with E-state index < -0.39 is 9.84 Å². The van der Waals surface area contributed by atoms with Crippen LogP contribution in [0.4, 0.5) is 0 Å². The second kappa shape index (κ2) is 16.6. The van der Waals surface area contributed by atoms with Gasteiger partial charge in [-0.15, -0.1) is 24.0 Å². The van der Waals surface area contributed by atoms with E-state index >= 15 is 0 Å². The van der Waals surface area contributed by atoms with Crippen LogP contribution in [0.25, 0.3) is 0 Å². The number of aryl methyl sites for hydroxylation is 1. The van der Waals surface area contributed by atoms with Crippen molar-refractivity contribution >= 4 is 39.8 Å². The second-order valence-electron chi connectivity index (χ2n) is 7.12. The fraction of sp³-hybridized carbons (Fsp3) is 0.667. The molecule has 0 heterocycles. The van der Waals surface area contributed by atoms with E-state index in [-0.39, 0.29) is 36.3 Å². The summed E-state index contributed by atoms with van der Waals surface area (Å²) in [6.07, 6.45) is 5.92. The molecule has 7 nitrogen and oxygen atoms in total. The molecule has 0 saturated carbocycles. The van der Waals surface area contributed by atoms with Gasteiger partial charge in [-0.05, 0) is 25.0 Å². The van der Waals surface area contributed by atoms with Gasteiger partial charge in [0.05, 0.1) is 25.6 Å². The molecule has 2 N–H and O–H groups in total. The number of benzene rings is 1. The minimum absolute atomic E-state index is 0. The van der Waals surface area contributed by atoms with Crippen molar-refractivity contribution in [3.05, 3.63) is 29.3 Å². The number of unbranched alkanes of at least 4 members (excludes halogenated alkanes) is 3. The lowest BCUT2D eigenvalue weighted by Crippen LogP contribution is -2.38. The monoisotopic (exact) mass is 555 g/mol. The highest BCUT2D eigenvalue weighted by molar-refractivity contribution is 14.0. The molecule has 174 valence electrons. The molecule has 0 bridgehead atoms. The minimum Gasteiger partial charge on any atom is -0.493 e. The van der Waals surface area contributed by atoms with Crippen LogP contribution >= 0.6 is 24.0 Å². The number of ether oxygens (including phenoxy) is 2. The zero-order chi connectivity index (χ0) is 21.5. The average molecular weight is 556 g/mol. The summed E-state index contributed by atoms with van der Waals surface area (Å²) < 4.78 is 33.5. The van der Waals surface area contributed by atoms with Gasteiger partial charge in [0, 0.05) is 32.0 Å². The lowest BCUT2D eigenvalue weighted by Gasteiger charge is -2.15. The van der Waals surface area contributed by atoms with Crippen molar-refractivity contribution in [1.29, 1.82) is 0 Å². The first kappa shape index (κ1) is 28.9. The van der Waals surface area contributed by atoms with Gasteiger partial charge in [-0.1, -0.05) is 38.3 Å². The lowest BCUT2D eigenvalue weighted by atomic mass is 10.1. The third kappa shape index (κ3) is 14.0. The fourth-order valence-electron chi connectivity index (χ4n) is 2.61. The van der Waals surface area contributed by atoms with E-state index in [2.05, 4.69) is 47.7 Å². The summed E-state index contributed by atoms with van der Waals surface area (Å²) in [6.45, 7) is 6.74. The molecule has 0 aliphatic carbocycles. The van der Waals surface area contributed by atoms with E-state index in [9.17, 15) is 8.42 Å². The Kier molecular flexibility index (Phi) is 16.0. The highest BCUT2D eigenvalue weighted by Gasteiger charge is 2.06. The Morgan fingerprint density at radius 2 is 1.87 bits per heavy atom. The number of hydrogen-bond acceptors (Lipinski definition) is 5. The predicted octanol–water partition coefficient (Wildman–Crippen LogP) is 3.30. The largest absolute Gasteiger partial charge is 0.493 e. The molecular weight excluding hydrogens is 517 g/mol. The van der Waals surface area contributed by atoms with Crippen LogP contribution in [0, 0.1) is 6.92 Å². The Bertz CT molecular complexity index is 727. The van der Waals surface area contributed by atoms with Crippen molar-refractivity contribution in [2.24, 2.45) is 4.99 Å². The van der Waals surface area contributed by atoms with Gasteiger partial charge in [-0.2, -0.15) is 0 Å². The van der Waals surface area contributed by atoms with Crippen LogP contribution < -0.4 is 15.4 Å². The van der Waals surface area contributed by atoms with Crippen molar-refractivity contribution in [1.82, 2.24) is 10.6 Å². The topological polar surface area (TPSA) is 89.0 Å². The average Bonchev–Trinajstić information content (AvgIpc) is 2.67. The van der Waals surface area contributed by atoms with Gasteiger partial charge in [0.15, 0.2) is 5.96 Å². The number of halogens is 1.